The van der Waals surface area contributed by atoms with Crippen molar-refractivity contribution in [2.24, 2.45) is 5.14 Å². The number of hydrogen-bond donors (Lipinski definition) is 2. The normalized spacial score (nSPS) is 11.2. The summed E-state index contributed by atoms with van der Waals surface area (Å²) in [6.45, 7) is 4.83. The van der Waals surface area contributed by atoms with E-state index < -0.39 is 10.0 Å². The minimum absolute atomic E-state index is 0.0524. The lowest BCUT2D eigenvalue weighted by molar-refractivity contribution is -0.114. The molecule has 0 aromatic heterocycles. The Balaban J connectivity index is 3.34. The molecule has 88 valence electrons. The molecule has 0 fully saturated rings. The number of sulfonamides is 1. The molecule has 16 heavy (non-hydrogen) atoms. The number of primary sulfonamides is 1. The molecule has 1 amide bonds. The molecule has 0 atom stereocenters. The summed E-state index contributed by atoms with van der Waals surface area (Å²) in [6.07, 6.45) is 0. The molecule has 5 nitrogen and oxygen atoms in total. The number of carbonyl (C=O) groups excluding carboxylic acids is 1. The van der Waals surface area contributed by atoms with E-state index in [1.807, 2.05) is 0 Å². The SMILES string of the molecule is CC(=O)Nc1c(C)cc(S(N)(=O)=O)cc1C. The third kappa shape index (κ3) is 2.80. The first-order valence-corrected chi connectivity index (χ1v) is 6.18. The molecule has 0 radical (unpaired) electrons. The zero-order valence-electron chi connectivity index (χ0n) is 9.37. The number of rotatable bonds is 2. The highest BCUT2D eigenvalue weighted by Gasteiger charge is 2.12. The Morgan fingerprint density at radius 1 is 1.25 bits per heavy atom. The van der Waals surface area contributed by atoms with Gasteiger partial charge in [0.25, 0.3) is 0 Å². The maximum absolute atomic E-state index is 11.2. The van der Waals surface area contributed by atoms with Crippen molar-refractivity contribution in [2.75, 3.05) is 5.32 Å². The van der Waals surface area contributed by atoms with Gasteiger partial charge in [-0.3, -0.25) is 4.79 Å². The molecule has 1 aromatic carbocycles. The first-order valence-electron chi connectivity index (χ1n) is 4.63. The van der Waals surface area contributed by atoms with Crippen LogP contribution in [0.3, 0.4) is 0 Å². The van der Waals surface area contributed by atoms with E-state index in [1.54, 1.807) is 13.8 Å². The smallest absolute Gasteiger partial charge is 0.238 e. The Kier molecular flexibility index (Phi) is 3.35. The first-order chi connectivity index (χ1) is 7.21. The number of aryl methyl sites for hydroxylation is 2. The molecule has 0 unspecified atom stereocenters. The van der Waals surface area contributed by atoms with Gasteiger partial charge in [-0.15, -0.1) is 0 Å². The summed E-state index contributed by atoms with van der Waals surface area (Å²) in [5.41, 5.74) is 1.96. The number of nitrogens with one attached hydrogen (secondary N) is 1. The van der Waals surface area contributed by atoms with E-state index in [2.05, 4.69) is 5.32 Å². The fraction of sp³-hybridized carbons (Fsp3) is 0.300. The fourth-order valence-electron chi connectivity index (χ4n) is 1.46. The summed E-state index contributed by atoms with van der Waals surface area (Å²) in [5.74, 6) is -0.199. The number of benzene rings is 1. The van der Waals surface area contributed by atoms with Crippen LogP contribution in [0.2, 0.25) is 0 Å². The van der Waals surface area contributed by atoms with Crippen LogP contribution in [0.25, 0.3) is 0 Å². The molecule has 6 heteroatoms. The summed E-state index contributed by atoms with van der Waals surface area (Å²) in [5, 5.41) is 7.68. The van der Waals surface area contributed by atoms with E-state index in [1.165, 1.54) is 19.1 Å². The topological polar surface area (TPSA) is 89.3 Å². The van der Waals surface area contributed by atoms with Crippen molar-refractivity contribution in [3.8, 4) is 0 Å². The predicted octanol–water partition coefficient (Wildman–Crippen LogP) is 0.909. The van der Waals surface area contributed by atoms with Gasteiger partial charge in [-0.25, -0.2) is 13.6 Å². The van der Waals surface area contributed by atoms with Gasteiger partial charge in [-0.1, -0.05) is 0 Å². The van der Waals surface area contributed by atoms with E-state index in [0.29, 0.717) is 16.8 Å². The van der Waals surface area contributed by atoms with Gasteiger partial charge in [-0.2, -0.15) is 0 Å². The predicted molar refractivity (Wildman–Crippen MR) is 61.6 cm³/mol. The fourth-order valence-corrected chi connectivity index (χ4v) is 2.14. The number of anilines is 1. The molecule has 0 spiro atoms. The van der Waals surface area contributed by atoms with Crippen LogP contribution in [0, 0.1) is 13.8 Å². The Morgan fingerprint density at radius 3 is 2.00 bits per heavy atom. The van der Waals surface area contributed by atoms with E-state index in [9.17, 15) is 13.2 Å². The van der Waals surface area contributed by atoms with Gasteiger partial charge in [0, 0.05) is 12.6 Å². The molecular weight excluding hydrogens is 228 g/mol. The molecule has 3 N–H and O–H groups in total. The summed E-state index contributed by atoms with van der Waals surface area (Å²) >= 11 is 0. The first kappa shape index (κ1) is 12.7. The lowest BCUT2D eigenvalue weighted by Gasteiger charge is -2.11. The standard InChI is InChI=1S/C10H14N2O3S/c1-6-4-9(16(11,14)15)5-7(2)10(6)12-8(3)13/h4-5H,1-3H3,(H,12,13)(H2,11,14,15). The Hall–Kier alpha value is -1.40. The largest absolute Gasteiger partial charge is 0.326 e. The van der Waals surface area contributed by atoms with Gasteiger partial charge in [0.1, 0.15) is 0 Å². The summed E-state index contributed by atoms with van der Waals surface area (Å²) < 4.78 is 22.3. The van der Waals surface area contributed by atoms with Gasteiger partial charge in [0.05, 0.1) is 4.90 Å². The van der Waals surface area contributed by atoms with E-state index in [-0.39, 0.29) is 10.8 Å². The van der Waals surface area contributed by atoms with Crippen molar-refractivity contribution in [2.45, 2.75) is 25.7 Å². The summed E-state index contributed by atoms with van der Waals surface area (Å²) in [4.78, 5) is 11.0. The molecule has 0 heterocycles. The second kappa shape index (κ2) is 4.23. The van der Waals surface area contributed by atoms with E-state index in [4.69, 9.17) is 5.14 Å². The van der Waals surface area contributed by atoms with Crippen molar-refractivity contribution >= 4 is 21.6 Å². The quantitative estimate of drug-likeness (QED) is 0.807. The average molecular weight is 242 g/mol. The molecule has 0 aliphatic rings. The Bertz CT molecular complexity index is 512. The lowest BCUT2D eigenvalue weighted by Crippen LogP contribution is -2.14. The molecule has 0 saturated carbocycles. The van der Waals surface area contributed by atoms with Crippen LogP contribution in [0.4, 0.5) is 5.69 Å². The number of nitrogens with two attached hydrogens (primary N) is 1. The molecular formula is C10H14N2O3S. The molecule has 0 aliphatic heterocycles. The van der Waals surface area contributed by atoms with Gasteiger partial charge < -0.3 is 5.32 Å². The van der Waals surface area contributed by atoms with Crippen LogP contribution in [0.1, 0.15) is 18.1 Å². The number of hydrogen-bond acceptors (Lipinski definition) is 3. The molecule has 0 aliphatic carbocycles. The zero-order chi connectivity index (χ0) is 12.5. The van der Waals surface area contributed by atoms with Crippen molar-refractivity contribution in [3.63, 3.8) is 0 Å². The second-order valence-electron chi connectivity index (χ2n) is 3.66. The van der Waals surface area contributed by atoms with Crippen molar-refractivity contribution in [1.29, 1.82) is 0 Å². The molecule has 0 saturated heterocycles. The van der Waals surface area contributed by atoms with Crippen molar-refractivity contribution in [1.82, 2.24) is 0 Å². The van der Waals surface area contributed by atoms with Crippen LogP contribution in [0.5, 0.6) is 0 Å². The van der Waals surface area contributed by atoms with Crippen LogP contribution in [0.15, 0.2) is 17.0 Å². The van der Waals surface area contributed by atoms with E-state index >= 15 is 0 Å². The van der Waals surface area contributed by atoms with Crippen LogP contribution >= 0.6 is 0 Å². The number of carbonyl (C=O) groups is 1. The third-order valence-corrected chi connectivity index (χ3v) is 3.03. The highest BCUT2D eigenvalue weighted by Crippen LogP contribution is 2.23. The number of amides is 1. The monoisotopic (exact) mass is 242 g/mol. The second-order valence-corrected chi connectivity index (χ2v) is 5.22. The summed E-state index contributed by atoms with van der Waals surface area (Å²) in [6, 6.07) is 2.88. The van der Waals surface area contributed by atoms with Gasteiger partial charge in [-0.05, 0) is 37.1 Å². The third-order valence-electron chi connectivity index (χ3n) is 2.14. The Labute approximate surface area is 94.7 Å². The van der Waals surface area contributed by atoms with Crippen LogP contribution < -0.4 is 10.5 Å². The van der Waals surface area contributed by atoms with Crippen LogP contribution in [-0.4, -0.2) is 14.3 Å². The van der Waals surface area contributed by atoms with Crippen molar-refractivity contribution in [3.05, 3.63) is 23.3 Å². The average Bonchev–Trinajstić information content (AvgIpc) is 2.09. The van der Waals surface area contributed by atoms with Crippen LogP contribution in [-0.2, 0) is 14.8 Å². The molecule has 1 rings (SSSR count). The van der Waals surface area contributed by atoms with Crippen molar-refractivity contribution < 1.29 is 13.2 Å². The summed E-state index contributed by atoms with van der Waals surface area (Å²) in [7, 11) is -3.71. The Morgan fingerprint density at radius 2 is 1.69 bits per heavy atom. The minimum atomic E-state index is -3.71. The van der Waals surface area contributed by atoms with E-state index in [0.717, 1.165) is 0 Å². The van der Waals surface area contributed by atoms with Gasteiger partial charge in [0.2, 0.25) is 15.9 Å². The van der Waals surface area contributed by atoms with Gasteiger partial charge >= 0.3 is 0 Å². The maximum Gasteiger partial charge on any atom is 0.238 e. The highest BCUT2D eigenvalue weighted by atomic mass is 32.2. The molecule has 0 bridgehead atoms. The van der Waals surface area contributed by atoms with Gasteiger partial charge in [0.15, 0.2) is 0 Å². The maximum atomic E-state index is 11.2. The lowest BCUT2D eigenvalue weighted by atomic mass is 10.1. The molecule has 1 aromatic rings. The highest BCUT2D eigenvalue weighted by molar-refractivity contribution is 7.89. The zero-order valence-corrected chi connectivity index (χ0v) is 10.2. The minimum Gasteiger partial charge on any atom is -0.326 e.